The molecule has 0 bridgehead atoms. The molecule has 4 rings (SSSR count). The smallest absolute Gasteiger partial charge is 0.00460 e. The summed E-state index contributed by atoms with van der Waals surface area (Å²) < 4.78 is 1.26. The van der Waals surface area contributed by atoms with Crippen molar-refractivity contribution in [3.05, 3.63) is 86.3 Å². The molecule has 0 atom stereocenters. The van der Waals surface area contributed by atoms with Crippen molar-refractivity contribution in [3.8, 4) is 0 Å². The zero-order valence-corrected chi connectivity index (χ0v) is 15.9. The number of halogens is 1. The normalized spacial score (nSPS) is 17.2. The summed E-state index contributed by atoms with van der Waals surface area (Å²) in [7, 11) is 0. The molecule has 0 N–H and O–H groups in total. The van der Waals surface area contributed by atoms with Crippen molar-refractivity contribution in [2.75, 3.05) is 0 Å². The number of hydrogen-bond acceptors (Lipinski definition) is 0. The third-order valence-electron chi connectivity index (χ3n) is 5.20. The molecule has 0 spiro atoms. The minimum atomic E-state index is 1.03. The van der Waals surface area contributed by atoms with Gasteiger partial charge in [0.15, 0.2) is 0 Å². The summed E-state index contributed by atoms with van der Waals surface area (Å²) in [6, 6.07) is 8.67. The lowest BCUT2D eigenvalue weighted by molar-refractivity contribution is 0.971. The third-order valence-corrected chi connectivity index (χ3v) is 5.86. The Hall–Kier alpha value is -2.12. The van der Waals surface area contributed by atoms with Gasteiger partial charge >= 0.3 is 0 Å². The van der Waals surface area contributed by atoms with Gasteiger partial charge in [-0.25, -0.2) is 0 Å². The molecule has 2 aromatic rings. The van der Waals surface area contributed by atoms with Gasteiger partial charge in [-0.2, -0.15) is 0 Å². The van der Waals surface area contributed by atoms with Crippen LogP contribution in [0.1, 0.15) is 30.4 Å². The van der Waals surface area contributed by atoms with Crippen molar-refractivity contribution >= 4 is 45.4 Å². The fourth-order valence-electron chi connectivity index (χ4n) is 3.82. The highest BCUT2D eigenvalue weighted by molar-refractivity contribution is 9.11. The highest BCUT2D eigenvalue weighted by Gasteiger charge is 2.12. The van der Waals surface area contributed by atoms with Crippen LogP contribution in [-0.2, 0) is 6.42 Å². The van der Waals surface area contributed by atoms with E-state index in [-0.39, 0.29) is 0 Å². The van der Waals surface area contributed by atoms with E-state index in [2.05, 4.69) is 83.7 Å². The van der Waals surface area contributed by atoms with Gasteiger partial charge in [-0.1, -0.05) is 77.7 Å². The Morgan fingerprint density at radius 2 is 1.84 bits per heavy atom. The van der Waals surface area contributed by atoms with Crippen molar-refractivity contribution in [1.29, 1.82) is 0 Å². The zero-order chi connectivity index (χ0) is 17.4. The third kappa shape index (κ3) is 2.98. The summed E-state index contributed by atoms with van der Waals surface area (Å²) in [5.74, 6) is 0. The second-order valence-corrected chi connectivity index (χ2v) is 7.76. The van der Waals surface area contributed by atoms with E-state index in [4.69, 9.17) is 0 Å². The van der Waals surface area contributed by atoms with Crippen LogP contribution in [0.4, 0.5) is 0 Å². The summed E-state index contributed by atoms with van der Waals surface area (Å²) in [5.41, 5.74) is 5.14. The molecule has 2 aromatic carbocycles. The van der Waals surface area contributed by atoms with Crippen molar-refractivity contribution < 1.29 is 0 Å². The van der Waals surface area contributed by atoms with Crippen LogP contribution in [0.15, 0.2) is 64.7 Å². The first-order chi connectivity index (χ1) is 12.1. The molecule has 0 radical (unpaired) electrons. The molecule has 0 fully saturated rings. The van der Waals surface area contributed by atoms with Crippen LogP contribution < -0.4 is 10.4 Å². The molecular formula is C24H21Br. The highest BCUT2D eigenvalue weighted by Crippen LogP contribution is 2.27. The Kier molecular flexibility index (Phi) is 4.35. The van der Waals surface area contributed by atoms with E-state index in [0.29, 0.717) is 0 Å². The average molecular weight is 389 g/mol. The maximum absolute atomic E-state index is 4.45. The molecular weight excluding hydrogens is 368 g/mol. The Bertz CT molecular complexity index is 1080. The zero-order valence-electron chi connectivity index (χ0n) is 14.3. The second-order valence-electron chi connectivity index (χ2n) is 6.75. The summed E-state index contributed by atoms with van der Waals surface area (Å²) in [5, 5.41) is 4.98. The van der Waals surface area contributed by atoms with Crippen molar-refractivity contribution in [1.82, 2.24) is 0 Å². The standard InChI is InChI=1S/C24H21Br/c1-16(18-11-13-19(25)14-12-18)15-24-17(2)20-7-3-4-8-21(20)22-9-5-6-10-23(22)24/h4-6,8-11,13,15H,1-3,7,12,14H2/b24-15+. The maximum atomic E-state index is 4.45. The number of fused-ring (bicyclic) bond motifs is 3. The van der Waals surface area contributed by atoms with Crippen molar-refractivity contribution in [3.63, 3.8) is 0 Å². The van der Waals surface area contributed by atoms with Gasteiger partial charge < -0.3 is 0 Å². The Morgan fingerprint density at radius 1 is 1.04 bits per heavy atom. The number of rotatable bonds is 2. The quantitative estimate of drug-likeness (QED) is 0.632. The molecule has 0 heterocycles. The topological polar surface area (TPSA) is 0 Å². The SMILES string of the molecule is C=C(/C=c1\c(=C)c2c(c3ccccc13)C=CCC2)C1=CC=C(Br)CC1. The van der Waals surface area contributed by atoms with E-state index < -0.39 is 0 Å². The van der Waals surface area contributed by atoms with E-state index >= 15 is 0 Å². The second kappa shape index (κ2) is 6.65. The van der Waals surface area contributed by atoms with Crippen LogP contribution in [0.3, 0.4) is 0 Å². The lowest BCUT2D eigenvalue weighted by Crippen LogP contribution is -2.30. The van der Waals surface area contributed by atoms with Gasteiger partial charge in [-0.05, 0) is 79.7 Å². The molecule has 0 saturated heterocycles. The first-order valence-electron chi connectivity index (χ1n) is 8.80. The van der Waals surface area contributed by atoms with Crippen molar-refractivity contribution in [2.24, 2.45) is 0 Å². The fourth-order valence-corrected chi connectivity index (χ4v) is 4.15. The van der Waals surface area contributed by atoms with Crippen LogP contribution in [-0.4, -0.2) is 0 Å². The molecule has 2 aliphatic rings. The summed E-state index contributed by atoms with van der Waals surface area (Å²) in [6.45, 7) is 8.80. The van der Waals surface area contributed by atoms with Gasteiger partial charge in [0.1, 0.15) is 0 Å². The van der Waals surface area contributed by atoms with Gasteiger partial charge in [-0.15, -0.1) is 0 Å². The van der Waals surface area contributed by atoms with Gasteiger partial charge in [0.05, 0.1) is 0 Å². The molecule has 0 unspecified atom stereocenters. The number of benzene rings is 2. The van der Waals surface area contributed by atoms with Crippen LogP contribution in [0.25, 0.3) is 29.5 Å². The van der Waals surface area contributed by atoms with E-state index in [9.17, 15) is 0 Å². The van der Waals surface area contributed by atoms with Gasteiger partial charge in [0.2, 0.25) is 0 Å². The first kappa shape index (κ1) is 16.4. The molecule has 0 aliphatic heterocycles. The Balaban J connectivity index is 1.96. The average Bonchev–Trinajstić information content (AvgIpc) is 2.65. The number of hydrogen-bond donors (Lipinski definition) is 0. The summed E-state index contributed by atoms with van der Waals surface area (Å²) in [6.07, 6.45) is 15.3. The lowest BCUT2D eigenvalue weighted by Gasteiger charge is -2.16. The van der Waals surface area contributed by atoms with Gasteiger partial charge in [0, 0.05) is 0 Å². The van der Waals surface area contributed by atoms with Gasteiger partial charge in [-0.3, -0.25) is 0 Å². The predicted octanol–water partition coefficient (Wildman–Crippen LogP) is 5.55. The van der Waals surface area contributed by atoms with E-state index in [1.165, 1.54) is 37.2 Å². The van der Waals surface area contributed by atoms with Crippen LogP contribution in [0.2, 0.25) is 0 Å². The van der Waals surface area contributed by atoms with Crippen molar-refractivity contribution in [2.45, 2.75) is 25.7 Å². The Labute approximate surface area is 157 Å². The van der Waals surface area contributed by atoms with Gasteiger partial charge in [0.25, 0.3) is 0 Å². The fraction of sp³-hybridized carbons (Fsp3) is 0.167. The van der Waals surface area contributed by atoms with Crippen LogP contribution in [0.5, 0.6) is 0 Å². The van der Waals surface area contributed by atoms with E-state index in [1.807, 2.05) is 0 Å². The largest absolute Gasteiger partial charge is 0.0915 e. The monoisotopic (exact) mass is 388 g/mol. The Morgan fingerprint density at radius 3 is 2.60 bits per heavy atom. The maximum Gasteiger partial charge on any atom is -0.00460 e. The first-order valence-corrected chi connectivity index (χ1v) is 9.60. The minimum absolute atomic E-state index is 1.03. The van der Waals surface area contributed by atoms with Crippen LogP contribution in [0, 0.1) is 0 Å². The summed E-state index contributed by atoms with van der Waals surface area (Å²) >= 11 is 3.58. The highest BCUT2D eigenvalue weighted by atomic mass is 79.9. The molecule has 2 aliphatic carbocycles. The molecule has 0 amide bonds. The van der Waals surface area contributed by atoms with Crippen LogP contribution >= 0.6 is 15.9 Å². The predicted molar refractivity (Wildman–Crippen MR) is 114 cm³/mol. The lowest BCUT2D eigenvalue weighted by atomic mass is 9.88. The van der Waals surface area contributed by atoms with E-state index in [0.717, 1.165) is 36.5 Å². The molecule has 0 aromatic heterocycles. The summed E-state index contributed by atoms with van der Waals surface area (Å²) in [4.78, 5) is 0. The molecule has 124 valence electrons. The minimum Gasteiger partial charge on any atom is -0.0915 e. The molecule has 25 heavy (non-hydrogen) atoms. The van der Waals surface area contributed by atoms with E-state index in [1.54, 1.807) is 0 Å². The molecule has 0 saturated carbocycles. The number of allylic oxidation sites excluding steroid dienone is 6. The molecule has 1 heteroatoms. The molecule has 0 nitrogen and oxygen atoms in total.